The van der Waals surface area contributed by atoms with Gasteiger partial charge in [0.2, 0.25) is 5.91 Å². The van der Waals surface area contributed by atoms with Crippen LogP contribution in [0.4, 0.5) is 0 Å². The quantitative estimate of drug-likeness (QED) is 0.817. The van der Waals surface area contributed by atoms with Crippen molar-refractivity contribution < 1.29 is 13.9 Å². The maximum Gasteiger partial charge on any atom is 0.225 e. The standard InChI is InChI=1S/C19H27N5O3/c1-2-15-3-4-16(27-15)12-23-7-5-17-21-22-18(24(17)9-8-23)11-20-19(25)14-6-10-26-13-14/h3-4,14H,2,5-13H2,1H3,(H,20,25). The minimum atomic E-state index is -0.0340. The molecule has 0 aromatic carbocycles. The molecule has 146 valence electrons. The number of aryl methyl sites for hydroxylation is 1. The number of nitrogens with zero attached hydrogens (tertiary/aromatic N) is 4. The third-order valence-electron chi connectivity index (χ3n) is 5.36. The van der Waals surface area contributed by atoms with Crippen molar-refractivity contribution in [2.75, 3.05) is 26.3 Å². The lowest BCUT2D eigenvalue weighted by molar-refractivity contribution is -0.125. The van der Waals surface area contributed by atoms with Gasteiger partial charge in [0.1, 0.15) is 17.3 Å². The van der Waals surface area contributed by atoms with Crippen molar-refractivity contribution in [3.05, 3.63) is 35.3 Å². The van der Waals surface area contributed by atoms with Crippen LogP contribution in [-0.4, -0.2) is 51.9 Å². The predicted molar refractivity (Wildman–Crippen MR) is 97.9 cm³/mol. The topological polar surface area (TPSA) is 85.4 Å². The van der Waals surface area contributed by atoms with E-state index < -0.39 is 0 Å². The van der Waals surface area contributed by atoms with E-state index in [-0.39, 0.29) is 11.8 Å². The Morgan fingerprint density at radius 1 is 1.26 bits per heavy atom. The summed E-state index contributed by atoms with van der Waals surface area (Å²) in [5.74, 6) is 3.86. The lowest BCUT2D eigenvalue weighted by Crippen LogP contribution is -2.32. The van der Waals surface area contributed by atoms with Crippen molar-refractivity contribution >= 4 is 5.91 Å². The molecule has 2 aliphatic heterocycles. The highest BCUT2D eigenvalue weighted by Crippen LogP contribution is 2.16. The van der Waals surface area contributed by atoms with Gasteiger partial charge in [-0.05, 0) is 18.6 Å². The van der Waals surface area contributed by atoms with Gasteiger partial charge in [-0.1, -0.05) is 6.92 Å². The number of hydrogen-bond donors (Lipinski definition) is 1. The number of rotatable bonds is 6. The molecule has 0 radical (unpaired) electrons. The third-order valence-corrected chi connectivity index (χ3v) is 5.36. The normalized spacial score (nSPS) is 20.4. The van der Waals surface area contributed by atoms with Gasteiger partial charge in [0, 0.05) is 39.1 Å². The summed E-state index contributed by atoms with van der Waals surface area (Å²) in [5, 5.41) is 11.6. The fraction of sp³-hybridized carbons (Fsp3) is 0.632. The van der Waals surface area contributed by atoms with Crippen molar-refractivity contribution in [3.63, 3.8) is 0 Å². The average Bonchev–Trinajstić information content (AvgIpc) is 3.41. The number of furan rings is 1. The van der Waals surface area contributed by atoms with Crippen molar-refractivity contribution in [2.45, 2.75) is 45.8 Å². The molecule has 0 spiro atoms. The Labute approximate surface area is 158 Å². The number of amides is 1. The Morgan fingerprint density at radius 3 is 2.93 bits per heavy atom. The Kier molecular flexibility index (Phi) is 5.54. The number of nitrogens with one attached hydrogen (secondary N) is 1. The van der Waals surface area contributed by atoms with E-state index >= 15 is 0 Å². The summed E-state index contributed by atoms with van der Waals surface area (Å²) in [7, 11) is 0. The monoisotopic (exact) mass is 373 g/mol. The summed E-state index contributed by atoms with van der Waals surface area (Å²) in [6.45, 7) is 7.17. The molecule has 0 bridgehead atoms. The number of ether oxygens (including phenoxy) is 1. The first-order valence-electron chi connectivity index (χ1n) is 9.79. The van der Waals surface area contributed by atoms with Crippen LogP contribution in [0.2, 0.25) is 0 Å². The lowest BCUT2D eigenvalue weighted by Gasteiger charge is -2.18. The van der Waals surface area contributed by atoms with Gasteiger partial charge in [0.15, 0.2) is 5.82 Å². The molecule has 8 heteroatoms. The van der Waals surface area contributed by atoms with Gasteiger partial charge in [0.25, 0.3) is 0 Å². The Hall–Kier alpha value is -2.19. The van der Waals surface area contributed by atoms with Gasteiger partial charge in [0.05, 0.1) is 25.6 Å². The van der Waals surface area contributed by atoms with E-state index in [9.17, 15) is 4.79 Å². The molecule has 2 aromatic rings. The van der Waals surface area contributed by atoms with Crippen LogP contribution >= 0.6 is 0 Å². The van der Waals surface area contributed by atoms with Gasteiger partial charge in [-0.3, -0.25) is 9.69 Å². The summed E-state index contributed by atoms with van der Waals surface area (Å²) in [5.41, 5.74) is 0. The maximum absolute atomic E-state index is 12.2. The van der Waals surface area contributed by atoms with Gasteiger partial charge in [-0.2, -0.15) is 0 Å². The predicted octanol–water partition coefficient (Wildman–Crippen LogP) is 1.14. The summed E-state index contributed by atoms with van der Waals surface area (Å²) >= 11 is 0. The highest BCUT2D eigenvalue weighted by Gasteiger charge is 2.24. The van der Waals surface area contributed by atoms with E-state index in [2.05, 4.69) is 44.0 Å². The van der Waals surface area contributed by atoms with Crippen LogP contribution < -0.4 is 5.32 Å². The Morgan fingerprint density at radius 2 is 2.15 bits per heavy atom. The molecule has 1 N–H and O–H groups in total. The molecule has 27 heavy (non-hydrogen) atoms. The Bertz CT molecular complexity index is 778. The fourth-order valence-electron chi connectivity index (χ4n) is 3.69. The summed E-state index contributed by atoms with van der Waals surface area (Å²) in [6.07, 6.45) is 2.56. The Balaban J connectivity index is 1.33. The minimum Gasteiger partial charge on any atom is -0.465 e. The third kappa shape index (κ3) is 4.22. The number of fused-ring (bicyclic) bond motifs is 1. The minimum absolute atomic E-state index is 0.0340. The van der Waals surface area contributed by atoms with E-state index in [0.29, 0.717) is 19.8 Å². The van der Waals surface area contributed by atoms with E-state index in [1.807, 2.05) is 0 Å². The van der Waals surface area contributed by atoms with Crippen LogP contribution in [0.1, 0.15) is 36.5 Å². The van der Waals surface area contributed by atoms with E-state index in [4.69, 9.17) is 9.15 Å². The number of aromatic nitrogens is 3. The molecule has 1 atom stereocenters. The second-order valence-electron chi connectivity index (χ2n) is 7.21. The van der Waals surface area contributed by atoms with E-state index in [1.54, 1.807) is 0 Å². The van der Waals surface area contributed by atoms with Crippen molar-refractivity contribution in [2.24, 2.45) is 5.92 Å². The van der Waals surface area contributed by atoms with Crippen molar-refractivity contribution in [1.29, 1.82) is 0 Å². The molecule has 2 aliphatic rings. The van der Waals surface area contributed by atoms with Crippen LogP contribution in [0, 0.1) is 5.92 Å². The molecular formula is C19H27N5O3. The first-order valence-corrected chi connectivity index (χ1v) is 9.79. The largest absolute Gasteiger partial charge is 0.465 e. The second-order valence-corrected chi connectivity index (χ2v) is 7.21. The van der Waals surface area contributed by atoms with Crippen LogP contribution in [0.3, 0.4) is 0 Å². The van der Waals surface area contributed by atoms with Crippen LogP contribution in [0.5, 0.6) is 0 Å². The number of carbonyl (C=O) groups is 1. The number of carbonyl (C=O) groups excluding carboxylic acids is 1. The molecule has 4 rings (SSSR count). The SMILES string of the molecule is CCc1ccc(CN2CCc3nnc(CNC(=O)C4CCOC4)n3CC2)o1. The molecule has 0 aliphatic carbocycles. The average molecular weight is 373 g/mol. The van der Waals surface area contributed by atoms with Gasteiger partial charge in [-0.15, -0.1) is 10.2 Å². The van der Waals surface area contributed by atoms with Crippen molar-refractivity contribution in [3.8, 4) is 0 Å². The van der Waals surface area contributed by atoms with Crippen LogP contribution in [0.25, 0.3) is 0 Å². The van der Waals surface area contributed by atoms with Crippen LogP contribution in [-0.2, 0) is 42.0 Å². The molecule has 1 amide bonds. The number of hydrogen-bond acceptors (Lipinski definition) is 6. The molecule has 1 fully saturated rings. The zero-order valence-electron chi connectivity index (χ0n) is 15.8. The van der Waals surface area contributed by atoms with Gasteiger partial charge < -0.3 is 19.0 Å². The smallest absolute Gasteiger partial charge is 0.225 e. The maximum atomic E-state index is 12.2. The molecular weight excluding hydrogens is 346 g/mol. The second kappa shape index (κ2) is 8.22. The van der Waals surface area contributed by atoms with Crippen LogP contribution in [0.15, 0.2) is 16.5 Å². The zero-order chi connectivity index (χ0) is 18.6. The first-order chi connectivity index (χ1) is 13.2. The zero-order valence-corrected chi connectivity index (χ0v) is 15.8. The fourth-order valence-corrected chi connectivity index (χ4v) is 3.69. The summed E-state index contributed by atoms with van der Waals surface area (Å²) < 4.78 is 13.3. The molecule has 8 nitrogen and oxygen atoms in total. The highest BCUT2D eigenvalue weighted by atomic mass is 16.5. The van der Waals surface area contributed by atoms with E-state index in [1.165, 1.54) is 0 Å². The van der Waals surface area contributed by atoms with E-state index in [0.717, 1.165) is 68.6 Å². The summed E-state index contributed by atoms with van der Waals surface area (Å²) in [6, 6.07) is 4.12. The molecule has 2 aromatic heterocycles. The molecule has 1 saturated heterocycles. The summed E-state index contributed by atoms with van der Waals surface area (Å²) in [4.78, 5) is 14.6. The first kappa shape index (κ1) is 18.2. The molecule has 4 heterocycles. The highest BCUT2D eigenvalue weighted by molar-refractivity contribution is 5.78. The molecule has 0 saturated carbocycles. The van der Waals surface area contributed by atoms with Crippen molar-refractivity contribution in [1.82, 2.24) is 25.0 Å². The molecule has 1 unspecified atom stereocenters. The lowest BCUT2D eigenvalue weighted by atomic mass is 10.1. The van der Waals surface area contributed by atoms with Gasteiger partial charge in [-0.25, -0.2) is 0 Å². The van der Waals surface area contributed by atoms with Gasteiger partial charge >= 0.3 is 0 Å².